The van der Waals surface area contributed by atoms with Gasteiger partial charge in [-0.05, 0) is 18.6 Å². The maximum absolute atomic E-state index is 12.0. The molecule has 6 nitrogen and oxygen atoms in total. The topological polar surface area (TPSA) is 65.1 Å². The molecule has 0 aromatic heterocycles. The fraction of sp³-hybridized carbons (Fsp3) is 0.467. The molecule has 1 heterocycles. The summed E-state index contributed by atoms with van der Waals surface area (Å²) in [5.74, 6) is 0.863. The molecule has 1 aliphatic rings. The summed E-state index contributed by atoms with van der Waals surface area (Å²) in [6.07, 6.45) is 0.849. The third-order valence-electron chi connectivity index (χ3n) is 3.64. The van der Waals surface area contributed by atoms with Crippen LogP contribution < -0.4 is 9.47 Å². The van der Waals surface area contributed by atoms with Crippen LogP contribution in [0.15, 0.2) is 18.2 Å². The minimum Gasteiger partial charge on any atom is -0.497 e. The first-order valence-electron chi connectivity index (χ1n) is 6.69. The van der Waals surface area contributed by atoms with Crippen LogP contribution in [0.3, 0.4) is 0 Å². The Morgan fingerprint density at radius 2 is 2.05 bits per heavy atom. The van der Waals surface area contributed by atoms with Gasteiger partial charge in [0.2, 0.25) is 5.91 Å². The Hall–Kier alpha value is -2.24. The zero-order valence-corrected chi connectivity index (χ0v) is 12.4. The molecule has 0 aliphatic carbocycles. The van der Waals surface area contributed by atoms with Crippen LogP contribution in [0.25, 0.3) is 0 Å². The fourth-order valence-electron chi connectivity index (χ4n) is 2.48. The number of amides is 1. The van der Waals surface area contributed by atoms with Gasteiger partial charge < -0.3 is 19.1 Å². The van der Waals surface area contributed by atoms with E-state index in [9.17, 15) is 9.59 Å². The largest absolute Gasteiger partial charge is 0.497 e. The summed E-state index contributed by atoms with van der Waals surface area (Å²) in [6.45, 7) is 0.311. The standard InChI is InChI=1S/C15H19NO5/c1-19-11-5-4-10(13(8-11)20-2)9-16-12(15(18)21-3)6-7-14(16)17/h4-5,8,12H,6-7,9H2,1-3H3. The summed E-state index contributed by atoms with van der Waals surface area (Å²) in [5, 5.41) is 0. The highest BCUT2D eigenvalue weighted by Crippen LogP contribution is 2.29. The molecule has 0 spiro atoms. The molecule has 1 aliphatic heterocycles. The number of esters is 1. The van der Waals surface area contributed by atoms with E-state index in [-0.39, 0.29) is 11.9 Å². The SMILES string of the molecule is COC(=O)C1CCC(=O)N1Cc1ccc(OC)cc1OC. The number of carbonyl (C=O) groups is 2. The molecule has 1 unspecified atom stereocenters. The van der Waals surface area contributed by atoms with Crippen molar-refractivity contribution in [2.75, 3.05) is 21.3 Å². The van der Waals surface area contributed by atoms with Crippen molar-refractivity contribution in [1.82, 2.24) is 4.90 Å². The quantitative estimate of drug-likeness (QED) is 0.767. The predicted molar refractivity (Wildman–Crippen MR) is 75.1 cm³/mol. The van der Waals surface area contributed by atoms with Crippen molar-refractivity contribution in [2.24, 2.45) is 0 Å². The van der Waals surface area contributed by atoms with Gasteiger partial charge in [-0.1, -0.05) is 0 Å². The van der Waals surface area contributed by atoms with Crippen molar-refractivity contribution in [3.05, 3.63) is 23.8 Å². The van der Waals surface area contributed by atoms with Crippen LogP contribution in [-0.4, -0.2) is 44.1 Å². The number of carbonyl (C=O) groups excluding carboxylic acids is 2. The van der Waals surface area contributed by atoms with Crippen LogP contribution >= 0.6 is 0 Å². The van der Waals surface area contributed by atoms with Gasteiger partial charge in [0, 0.05) is 18.1 Å². The van der Waals surface area contributed by atoms with E-state index in [0.29, 0.717) is 30.9 Å². The van der Waals surface area contributed by atoms with Crippen LogP contribution in [0.2, 0.25) is 0 Å². The maximum Gasteiger partial charge on any atom is 0.328 e. The molecule has 2 rings (SSSR count). The molecule has 21 heavy (non-hydrogen) atoms. The number of hydrogen-bond acceptors (Lipinski definition) is 5. The Bertz CT molecular complexity index is 543. The van der Waals surface area contributed by atoms with Gasteiger partial charge in [-0.15, -0.1) is 0 Å². The number of rotatable bonds is 5. The average molecular weight is 293 g/mol. The second kappa shape index (κ2) is 6.47. The first-order valence-corrected chi connectivity index (χ1v) is 6.69. The lowest BCUT2D eigenvalue weighted by Crippen LogP contribution is -2.38. The van der Waals surface area contributed by atoms with E-state index >= 15 is 0 Å². The number of likely N-dealkylation sites (tertiary alicyclic amines) is 1. The van der Waals surface area contributed by atoms with Crippen LogP contribution in [-0.2, 0) is 20.9 Å². The van der Waals surface area contributed by atoms with Gasteiger partial charge >= 0.3 is 5.97 Å². The van der Waals surface area contributed by atoms with Crippen molar-refractivity contribution in [3.63, 3.8) is 0 Å². The summed E-state index contributed by atoms with van der Waals surface area (Å²) < 4.78 is 15.2. The van der Waals surface area contributed by atoms with Gasteiger partial charge in [0.05, 0.1) is 27.9 Å². The Balaban J connectivity index is 2.23. The van der Waals surface area contributed by atoms with Gasteiger partial charge in [-0.3, -0.25) is 4.79 Å². The molecule has 1 aromatic carbocycles. The number of methoxy groups -OCH3 is 3. The molecule has 6 heteroatoms. The zero-order chi connectivity index (χ0) is 15.4. The molecular formula is C15H19NO5. The fourth-order valence-corrected chi connectivity index (χ4v) is 2.48. The highest BCUT2D eigenvalue weighted by molar-refractivity contribution is 5.88. The van der Waals surface area contributed by atoms with E-state index in [1.54, 1.807) is 26.4 Å². The number of nitrogens with zero attached hydrogens (tertiary/aromatic N) is 1. The number of hydrogen-bond donors (Lipinski definition) is 0. The molecule has 1 amide bonds. The third-order valence-corrected chi connectivity index (χ3v) is 3.64. The normalized spacial score (nSPS) is 17.8. The lowest BCUT2D eigenvalue weighted by atomic mass is 10.1. The Kier molecular flexibility index (Phi) is 4.67. The summed E-state index contributed by atoms with van der Waals surface area (Å²) >= 11 is 0. The second-order valence-corrected chi connectivity index (χ2v) is 4.78. The number of ether oxygens (including phenoxy) is 3. The van der Waals surface area contributed by atoms with E-state index in [2.05, 4.69) is 0 Å². The summed E-state index contributed by atoms with van der Waals surface area (Å²) in [6, 6.07) is 4.86. The predicted octanol–water partition coefficient (Wildman–Crippen LogP) is 1.37. The lowest BCUT2D eigenvalue weighted by Gasteiger charge is -2.23. The van der Waals surface area contributed by atoms with Crippen molar-refractivity contribution < 1.29 is 23.8 Å². The highest BCUT2D eigenvalue weighted by Gasteiger charge is 2.37. The summed E-state index contributed by atoms with van der Waals surface area (Å²) in [4.78, 5) is 25.3. The molecule has 114 valence electrons. The van der Waals surface area contributed by atoms with Gasteiger partial charge in [0.25, 0.3) is 0 Å². The van der Waals surface area contributed by atoms with Crippen LogP contribution in [0, 0.1) is 0 Å². The molecule has 1 aromatic rings. The maximum atomic E-state index is 12.0. The second-order valence-electron chi connectivity index (χ2n) is 4.78. The lowest BCUT2D eigenvalue weighted by molar-refractivity contribution is -0.149. The van der Waals surface area contributed by atoms with E-state index in [0.717, 1.165) is 5.56 Å². The Labute approximate surface area is 123 Å². The smallest absolute Gasteiger partial charge is 0.328 e. The Morgan fingerprint density at radius 1 is 1.29 bits per heavy atom. The molecule has 1 saturated heterocycles. The van der Waals surface area contributed by atoms with Crippen molar-refractivity contribution in [1.29, 1.82) is 0 Å². The highest BCUT2D eigenvalue weighted by atomic mass is 16.5. The van der Waals surface area contributed by atoms with E-state index in [1.165, 1.54) is 12.0 Å². The first kappa shape index (κ1) is 15.2. The average Bonchev–Trinajstić information content (AvgIpc) is 2.88. The van der Waals surface area contributed by atoms with Gasteiger partial charge in [-0.2, -0.15) is 0 Å². The molecule has 0 saturated carbocycles. The zero-order valence-electron chi connectivity index (χ0n) is 12.4. The minimum atomic E-state index is -0.519. The molecular weight excluding hydrogens is 274 g/mol. The van der Waals surface area contributed by atoms with Gasteiger partial charge in [-0.25, -0.2) is 4.79 Å². The first-order chi connectivity index (χ1) is 10.1. The third kappa shape index (κ3) is 3.09. The number of benzene rings is 1. The molecule has 1 fully saturated rings. The Morgan fingerprint density at radius 3 is 2.67 bits per heavy atom. The van der Waals surface area contributed by atoms with Crippen molar-refractivity contribution in [2.45, 2.75) is 25.4 Å². The van der Waals surface area contributed by atoms with Gasteiger partial charge in [0.15, 0.2) is 0 Å². The summed E-state index contributed by atoms with van der Waals surface area (Å²) in [7, 11) is 4.46. The monoisotopic (exact) mass is 293 g/mol. The van der Waals surface area contributed by atoms with Gasteiger partial charge in [0.1, 0.15) is 17.5 Å². The molecule has 0 N–H and O–H groups in total. The minimum absolute atomic E-state index is 0.0525. The molecule has 0 radical (unpaired) electrons. The van der Waals surface area contributed by atoms with E-state index in [1.807, 2.05) is 6.07 Å². The molecule has 0 bridgehead atoms. The van der Waals surface area contributed by atoms with E-state index < -0.39 is 6.04 Å². The summed E-state index contributed by atoms with van der Waals surface area (Å²) in [5.41, 5.74) is 0.822. The molecule has 1 atom stereocenters. The van der Waals surface area contributed by atoms with Crippen LogP contribution in [0.4, 0.5) is 0 Å². The van der Waals surface area contributed by atoms with E-state index in [4.69, 9.17) is 14.2 Å². The van der Waals surface area contributed by atoms with Crippen molar-refractivity contribution >= 4 is 11.9 Å². The van der Waals surface area contributed by atoms with Crippen molar-refractivity contribution in [3.8, 4) is 11.5 Å². The van der Waals surface area contributed by atoms with Crippen LogP contribution in [0.5, 0.6) is 11.5 Å². The van der Waals surface area contributed by atoms with Crippen LogP contribution in [0.1, 0.15) is 18.4 Å².